The van der Waals surface area contributed by atoms with Gasteiger partial charge in [-0.2, -0.15) is 0 Å². The minimum atomic E-state index is -0.461. The number of nitrogens with zero attached hydrogens (tertiary/aromatic N) is 2. The van der Waals surface area contributed by atoms with Crippen molar-refractivity contribution >= 4 is 11.5 Å². The summed E-state index contributed by atoms with van der Waals surface area (Å²) in [5.41, 5.74) is 0.824. The third kappa shape index (κ3) is 3.38. The van der Waals surface area contributed by atoms with E-state index in [2.05, 4.69) is 18.7 Å². The van der Waals surface area contributed by atoms with Gasteiger partial charge in [0.2, 0.25) is 0 Å². The van der Waals surface area contributed by atoms with Gasteiger partial charge in [0.15, 0.2) is 5.78 Å². The molecule has 0 unspecified atom stereocenters. The largest absolute Gasteiger partial charge is 0.295 e. The second-order valence-corrected chi connectivity index (χ2v) is 5.85. The summed E-state index contributed by atoms with van der Waals surface area (Å²) in [6, 6.07) is 5.81. The lowest BCUT2D eigenvalue weighted by atomic mass is 9.93. The molecule has 5 heteroatoms. The van der Waals surface area contributed by atoms with Crippen molar-refractivity contribution < 1.29 is 9.72 Å². The van der Waals surface area contributed by atoms with Gasteiger partial charge in [0.25, 0.3) is 5.69 Å². The van der Waals surface area contributed by atoms with Gasteiger partial charge in [0, 0.05) is 24.2 Å². The molecule has 0 saturated carbocycles. The van der Waals surface area contributed by atoms with Crippen molar-refractivity contribution in [1.82, 2.24) is 4.90 Å². The average Bonchev–Trinajstić information content (AvgIpc) is 2.68. The number of nitro benzene ring substituents is 1. The van der Waals surface area contributed by atoms with Crippen LogP contribution < -0.4 is 0 Å². The molecule has 102 valence electrons. The molecule has 1 aromatic rings. The molecule has 1 aliphatic heterocycles. The molecule has 1 heterocycles. The molecule has 5 nitrogen and oxygen atoms in total. The molecule has 0 aromatic heterocycles. The molecule has 0 amide bonds. The number of ketones is 1. The zero-order valence-corrected chi connectivity index (χ0v) is 11.3. The Kier molecular flexibility index (Phi) is 3.66. The second-order valence-electron chi connectivity index (χ2n) is 5.85. The summed E-state index contributed by atoms with van der Waals surface area (Å²) < 4.78 is 0. The highest BCUT2D eigenvalue weighted by molar-refractivity contribution is 5.97. The van der Waals surface area contributed by atoms with Gasteiger partial charge in [0.1, 0.15) is 0 Å². The smallest absolute Gasteiger partial charge is 0.269 e. The fourth-order valence-electron chi connectivity index (χ4n) is 2.42. The Hall–Kier alpha value is -1.75. The first kappa shape index (κ1) is 13.7. The normalized spacial score (nSPS) is 18.4. The van der Waals surface area contributed by atoms with Crippen LogP contribution in [0.2, 0.25) is 0 Å². The lowest BCUT2D eigenvalue weighted by Crippen LogP contribution is -2.29. The Morgan fingerprint density at radius 1 is 1.37 bits per heavy atom. The number of non-ortho nitro benzene ring substituents is 1. The van der Waals surface area contributed by atoms with Gasteiger partial charge in [-0.15, -0.1) is 0 Å². The molecule has 0 atom stereocenters. The third-order valence-corrected chi connectivity index (χ3v) is 3.52. The molecular weight excluding hydrogens is 244 g/mol. The molecular formula is C14H18N2O3. The summed E-state index contributed by atoms with van der Waals surface area (Å²) in [5.74, 6) is 0.0209. The van der Waals surface area contributed by atoms with Crippen LogP contribution in [0.25, 0.3) is 0 Å². The van der Waals surface area contributed by atoms with Crippen LogP contribution in [0.15, 0.2) is 24.3 Å². The van der Waals surface area contributed by atoms with Gasteiger partial charge in [-0.05, 0) is 30.5 Å². The number of hydrogen-bond acceptors (Lipinski definition) is 4. The number of likely N-dealkylation sites (tertiary alicyclic amines) is 1. The first-order chi connectivity index (χ1) is 8.87. The quantitative estimate of drug-likeness (QED) is 0.475. The monoisotopic (exact) mass is 262 g/mol. The average molecular weight is 262 g/mol. The van der Waals surface area contributed by atoms with Crippen molar-refractivity contribution in [2.75, 3.05) is 19.6 Å². The fourth-order valence-corrected chi connectivity index (χ4v) is 2.42. The van der Waals surface area contributed by atoms with Gasteiger partial charge < -0.3 is 0 Å². The maximum absolute atomic E-state index is 12.1. The van der Waals surface area contributed by atoms with Crippen LogP contribution in [0.5, 0.6) is 0 Å². The van der Waals surface area contributed by atoms with Crippen LogP contribution in [-0.4, -0.2) is 35.2 Å². The second kappa shape index (κ2) is 5.09. The Morgan fingerprint density at radius 3 is 2.47 bits per heavy atom. The van der Waals surface area contributed by atoms with E-state index in [9.17, 15) is 14.9 Å². The SMILES string of the molecule is CC1(C)CCN(CC(=O)c2ccc([N+](=O)[O-])cc2)C1. The van der Waals surface area contributed by atoms with Crippen LogP contribution in [0.1, 0.15) is 30.6 Å². The summed E-state index contributed by atoms with van der Waals surface area (Å²) in [4.78, 5) is 24.3. The van der Waals surface area contributed by atoms with Crippen molar-refractivity contribution in [3.8, 4) is 0 Å². The summed E-state index contributed by atoms with van der Waals surface area (Å²) in [7, 11) is 0. The van der Waals surface area contributed by atoms with E-state index in [4.69, 9.17) is 0 Å². The first-order valence-electron chi connectivity index (χ1n) is 6.37. The van der Waals surface area contributed by atoms with Crippen LogP contribution in [0, 0.1) is 15.5 Å². The number of benzene rings is 1. The maximum Gasteiger partial charge on any atom is 0.269 e. The van der Waals surface area contributed by atoms with Crippen LogP contribution in [0.4, 0.5) is 5.69 Å². The summed E-state index contributed by atoms with van der Waals surface area (Å²) in [6.07, 6.45) is 1.10. The number of carbonyl (C=O) groups excluding carboxylic acids is 1. The van der Waals surface area contributed by atoms with E-state index < -0.39 is 4.92 Å². The van der Waals surface area contributed by atoms with Gasteiger partial charge in [0.05, 0.1) is 11.5 Å². The summed E-state index contributed by atoms with van der Waals surface area (Å²) in [5, 5.41) is 10.5. The molecule has 0 radical (unpaired) electrons. The highest BCUT2D eigenvalue weighted by Gasteiger charge is 2.30. The Bertz CT molecular complexity index is 494. The van der Waals surface area contributed by atoms with Gasteiger partial charge >= 0.3 is 0 Å². The molecule has 0 spiro atoms. The van der Waals surface area contributed by atoms with E-state index in [0.29, 0.717) is 12.1 Å². The molecule has 0 N–H and O–H groups in total. The van der Waals surface area contributed by atoms with E-state index in [0.717, 1.165) is 19.5 Å². The Morgan fingerprint density at radius 2 is 2.00 bits per heavy atom. The zero-order chi connectivity index (χ0) is 14.0. The zero-order valence-electron chi connectivity index (χ0n) is 11.3. The molecule has 19 heavy (non-hydrogen) atoms. The van der Waals surface area contributed by atoms with Crippen molar-refractivity contribution in [3.05, 3.63) is 39.9 Å². The standard InChI is InChI=1S/C14H18N2O3/c1-14(2)7-8-15(10-14)9-13(17)11-3-5-12(6-4-11)16(18)19/h3-6H,7-10H2,1-2H3. The number of Topliss-reactive ketones (excluding diaryl/α,β-unsaturated/α-hetero) is 1. The van der Waals surface area contributed by atoms with Crippen LogP contribution in [0.3, 0.4) is 0 Å². The van der Waals surface area contributed by atoms with Crippen LogP contribution in [-0.2, 0) is 0 Å². The lowest BCUT2D eigenvalue weighted by molar-refractivity contribution is -0.384. The third-order valence-electron chi connectivity index (χ3n) is 3.52. The van der Waals surface area contributed by atoms with Gasteiger partial charge in [-0.3, -0.25) is 19.8 Å². The van der Waals surface area contributed by atoms with Gasteiger partial charge in [-0.1, -0.05) is 13.8 Å². The predicted molar refractivity (Wildman–Crippen MR) is 72.3 cm³/mol. The van der Waals surface area contributed by atoms with Crippen molar-refractivity contribution in [2.24, 2.45) is 5.41 Å². The minimum Gasteiger partial charge on any atom is -0.295 e. The number of nitro groups is 1. The van der Waals surface area contributed by atoms with Crippen LogP contribution >= 0.6 is 0 Å². The minimum absolute atomic E-state index is 0.0128. The molecule has 0 bridgehead atoms. The fraction of sp³-hybridized carbons (Fsp3) is 0.500. The molecule has 0 aliphatic carbocycles. The number of hydrogen-bond donors (Lipinski definition) is 0. The predicted octanol–water partition coefficient (Wildman–Crippen LogP) is 2.51. The Labute approximate surface area is 112 Å². The van der Waals surface area contributed by atoms with Crippen molar-refractivity contribution in [1.29, 1.82) is 0 Å². The highest BCUT2D eigenvalue weighted by Crippen LogP contribution is 2.28. The van der Waals surface area contributed by atoms with E-state index in [1.54, 1.807) is 0 Å². The number of carbonyl (C=O) groups is 1. The van der Waals surface area contributed by atoms with E-state index in [1.165, 1.54) is 24.3 Å². The first-order valence-corrected chi connectivity index (χ1v) is 6.37. The van der Waals surface area contributed by atoms with E-state index in [1.807, 2.05) is 0 Å². The summed E-state index contributed by atoms with van der Waals surface area (Å²) in [6.45, 7) is 6.64. The van der Waals surface area contributed by atoms with Crippen molar-refractivity contribution in [2.45, 2.75) is 20.3 Å². The number of rotatable bonds is 4. The summed E-state index contributed by atoms with van der Waals surface area (Å²) >= 11 is 0. The van der Waals surface area contributed by atoms with Crippen molar-refractivity contribution in [3.63, 3.8) is 0 Å². The molecule has 1 saturated heterocycles. The lowest BCUT2D eigenvalue weighted by Gasteiger charge is -2.18. The molecule has 1 aliphatic rings. The van der Waals surface area contributed by atoms with Gasteiger partial charge in [-0.25, -0.2) is 0 Å². The Balaban J connectivity index is 1.99. The maximum atomic E-state index is 12.1. The molecule has 1 aromatic carbocycles. The van der Waals surface area contributed by atoms with E-state index >= 15 is 0 Å². The van der Waals surface area contributed by atoms with E-state index in [-0.39, 0.29) is 16.9 Å². The molecule has 2 rings (SSSR count). The topological polar surface area (TPSA) is 63.5 Å². The molecule has 1 fully saturated rings. The highest BCUT2D eigenvalue weighted by atomic mass is 16.6.